The molecule has 3 N–H and O–H groups in total. The van der Waals surface area contributed by atoms with E-state index in [1.165, 1.54) is 0 Å². The molecule has 1 amide bonds. The number of aliphatic hydroxyl groups is 1. The van der Waals surface area contributed by atoms with Gasteiger partial charge in [0.15, 0.2) is 0 Å². The maximum atomic E-state index is 11.7. The van der Waals surface area contributed by atoms with E-state index in [0.717, 1.165) is 25.7 Å². The van der Waals surface area contributed by atoms with Gasteiger partial charge < -0.3 is 10.4 Å². The lowest BCUT2D eigenvalue weighted by atomic mass is 10.1. The smallest absolute Gasteiger partial charge is 0.290 e. The van der Waals surface area contributed by atoms with Gasteiger partial charge in [0.1, 0.15) is 5.82 Å². The molecule has 2 atom stereocenters. The molecule has 1 aliphatic rings. The molecule has 0 saturated heterocycles. The summed E-state index contributed by atoms with van der Waals surface area (Å²) in [5, 5.41) is 18.9. The van der Waals surface area contributed by atoms with E-state index in [1.807, 2.05) is 6.92 Å². The molecule has 1 saturated carbocycles. The van der Waals surface area contributed by atoms with Crippen molar-refractivity contribution in [2.24, 2.45) is 5.92 Å². The van der Waals surface area contributed by atoms with Crippen molar-refractivity contribution < 1.29 is 9.90 Å². The standard InChI is InChI=1S/C11H18N4O2/c1-2-9-13-10(15-14-9)11(17)12-6-7-4-3-5-8(7)16/h7-8,16H,2-6H2,1H3,(H,12,17)(H,13,14,15). The van der Waals surface area contributed by atoms with Gasteiger partial charge in [-0.15, -0.1) is 5.10 Å². The highest BCUT2D eigenvalue weighted by molar-refractivity contribution is 5.90. The predicted molar refractivity (Wildman–Crippen MR) is 61.4 cm³/mol. The molecule has 0 aliphatic heterocycles. The Morgan fingerprint density at radius 2 is 2.41 bits per heavy atom. The van der Waals surface area contributed by atoms with Crippen molar-refractivity contribution in [1.29, 1.82) is 0 Å². The van der Waals surface area contributed by atoms with E-state index >= 15 is 0 Å². The average molecular weight is 238 g/mol. The fraction of sp³-hybridized carbons (Fsp3) is 0.727. The van der Waals surface area contributed by atoms with Gasteiger partial charge >= 0.3 is 0 Å². The van der Waals surface area contributed by atoms with Crippen LogP contribution in [0.5, 0.6) is 0 Å². The molecule has 2 unspecified atom stereocenters. The molecule has 1 aliphatic carbocycles. The molecule has 6 nitrogen and oxygen atoms in total. The number of carbonyl (C=O) groups is 1. The van der Waals surface area contributed by atoms with Crippen LogP contribution in [0.2, 0.25) is 0 Å². The number of nitrogens with zero attached hydrogens (tertiary/aromatic N) is 2. The molecular weight excluding hydrogens is 220 g/mol. The fourth-order valence-electron chi connectivity index (χ4n) is 2.11. The Balaban J connectivity index is 1.84. The molecule has 0 radical (unpaired) electrons. The van der Waals surface area contributed by atoms with Crippen molar-refractivity contribution in [3.63, 3.8) is 0 Å². The normalized spacial score (nSPS) is 23.9. The number of H-pyrrole nitrogens is 1. The Kier molecular flexibility index (Phi) is 3.73. The minimum absolute atomic E-state index is 0.170. The summed E-state index contributed by atoms with van der Waals surface area (Å²) in [6, 6.07) is 0. The van der Waals surface area contributed by atoms with Crippen LogP contribution >= 0.6 is 0 Å². The summed E-state index contributed by atoms with van der Waals surface area (Å²) in [4.78, 5) is 15.8. The molecule has 6 heteroatoms. The first-order valence-electron chi connectivity index (χ1n) is 6.08. The number of hydrogen-bond acceptors (Lipinski definition) is 4. The van der Waals surface area contributed by atoms with Gasteiger partial charge in [-0.2, -0.15) is 0 Å². The number of carbonyl (C=O) groups excluding carboxylic acids is 1. The van der Waals surface area contributed by atoms with Crippen molar-refractivity contribution in [3.05, 3.63) is 11.6 Å². The molecule has 2 rings (SSSR count). The van der Waals surface area contributed by atoms with E-state index in [9.17, 15) is 9.90 Å². The van der Waals surface area contributed by atoms with Gasteiger partial charge in [0.2, 0.25) is 5.82 Å². The van der Waals surface area contributed by atoms with E-state index in [-0.39, 0.29) is 23.8 Å². The molecule has 1 aromatic rings. The van der Waals surface area contributed by atoms with Gasteiger partial charge in [0, 0.05) is 18.9 Å². The minimum atomic E-state index is -0.284. The average Bonchev–Trinajstić information content (AvgIpc) is 2.94. The molecule has 1 heterocycles. The Bertz CT molecular complexity index is 391. The Labute approximate surface area is 99.8 Å². The largest absolute Gasteiger partial charge is 0.393 e. The summed E-state index contributed by atoms with van der Waals surface area (Å²) in [7, 11) is 0. The summed E-state index contributed by atoms with van der Waals surface area (Å²) >= 11 is 0. The third-order valence-corrected chi connectivity index (χ3v) is 3.21. The first kappa shape index (κ1) is 12.0. The van der Waals surface area contributed by atoms with Gasteiger partial charge in [0.05, 0.1) is 6.10 Å². The number of rotatable bonds is 4. The summed E-state index contributed by atoms with van der Waals surface area (Å²) in [6.07, 6.45) is 3.27. The first-order chi connectivity index (χ1) is 8.20. The maximum absolute atomic E-state index is 11.7. The highest BCUT2D eigenvalue weighted by atomic mass is 16.3. The van der Waals surface area contributed by atoms with Crippen LogP contribution in [0.15, 0.2) is 0 Å². The molecule has 17 heavy (non-hydrogen) atoms. The number of aromatic nitrogens is 3. The molecule has 1 aromatic heterocycles. The van der Waals surface area contributed by atoms with E-state index in [4.69, 9.17) is 0 Å². The lowest BCUT2D eigenvalue weighted by Gasteiger charge is -2.13. The van der Waals surface area contributed by atoms with Crippen LogP contribution in [-0.4, -0.2) is 38.8 Å². The van der Waals surface area contributed by atoms with Gasteiger partial charge in [-0.1, -0.05) is 13.3 Å². The SMILES string of the molecule is CCc1nc(C(=O)NCC2CCCC2O)n[nH]1. The molecule has 0 bridgehead atoms. The maximum Gasteiger partial charge on any atom is 0.290 e. The van der Waals surface area contributed by atoms with Gasteiger partial charge in [-0.25, -0.2) is 4.98 Å². The number of amides is 1. The topological polar surface area (TPSA) is 90.9 Å². The quantitative estimate of drug-likeness (QED) is 0.701. The molecular formula is C11H18N4O2. The Hall–Kier alpha value is -1.43. The lowest BCUT2D eigenvalue weighted by molar-refractivity contribution is 0.0907. The zero-order valence-electron chi connectivity index (χ0n) is 9.94. The second-order valence-corrected chi connectivity index (χ2v) is 4.43. The second kappa shape index (κ2) is 5.27. The lowest BCUT2D eigenvalue weighted by Crippen LogP contribution is -2.33. The van der Waals surface area contributed by atoms with Crippen molar-refractivity contribution >= 4 is 5.91 Å². The number of aliphatic hydroxyl groups excluding tert-OH is 1. The monoisotopic (exact) mass is 238 g/mol. The second-order valence-electron chi connectivity index (χ2n) is 4.43. The molecule has 1 fully saturated rings. The van der Waals surface area contributed by atoms with E-state index in [2.05, 4.69) is 20.5 Å². The highest BCUT2D eigenvalue weighted by Crippen LogP contribution is 2.24. The summed E-state index contributed by atoms with van der Waals surface area (Å²) < 4.78 is 0. The Morgan fingerprint density at radius 1 is 1.59 bits per heavy atom. The summed E-state index contributed by atoms with van der Waals surface area (Å²) in [5.41, 5.74) is 0. The predicted octanol–water partition coefficient (Wildman–Crippen LogP) is 0.258. The van der Waals surface area contributed by atoms with Crippen LogP contribution in [0.4, 0.5) is 0 Å². The van der Waals surface area contributed by atoms with E-state index in [1.54, 1.807) is 0 Å². The number of aromatic amines is 1. The van der Waals surface area contributed by atoms with Crippen molar-refractivity contribution in [2.45, 2.75) is 38.7 Å². The van der Waals surface area contributed by atoms with Gasteiger partial charge in [0.25, 0.3) is 5.91 Å². The van der Waals surface area contributed by atoms with E-state index in [0.29, 0.717) is 12.4 Å². The van der Waals surface area contributed by atoms with Crippen LogP contribution in [0.25, 0.3) is 0 Å². The fourth-order valence-corrected chi connectivity index (χ4v) is 2.11. The molecule has 94 valence electrons. The molecule has 0 spiro atoms. The third-order valence-electron chi connectivity index (χ3n) is 3.21. The van der Waals surface area contributed by atoms with Gasteiger partial charge in [-0.3, -0.25) is 9.89 Å². The van der Waals surface area contributed by atoms with Crippen LogP contribution < -0.4 is 5.32 Å². The van der Waals surface area contributed by atoms with Crippen LogP contribution in [-0.2, 0) is 6.42 Å². The first-order valence-corrected chi connectivity index (χ1v) is 6.08. The zero-order chi connectivity index (χ0) is 12.3. The Morgan fingerprint density at radius 3 is 3.00 bits per heavy atom. The summed E-state index contributed by atoms with van der Waals surface area (Å²) in [6.45, 7) is 2.44. The third kappa shape index (κ3) is 2.82. The summed E-state index contributed by atoms with van der Waals surface area (Å²) in [5.74, 6) is 0.772. The number of hydrogen-bond donors (Lipinski definition) is 3. The van der Waals surface area contributed by atoms with Crippen molar-refractivity contribution in [3.8, 4) is 0 Å². The van der Waals surface area contributed by atoms with E-state index < -0.39 is 0 Å². The minimum Gasteiger partial charge on any atom is -0.393 e. The molecule has 0 aromatic carbocycles. The van der Waals surface area contributed by atoms with Crippen LogP contribution in [0.3, 0.4) is 0 Å². The van der Waals surface area contributed by atoms with Crippen LogP contribution in [0.1, 0.15) is 42.6 Å². The van der Waals surface area contributed by atoms with Crippen molar-refractivity contribution in [2.75, 3.05) is 6.54 Å². The van der Waals surface area contributed by atoms with Crippen LogP contribution in [0, 0.1) is 5.92 Å². The zero-order valence-corrected chi connectivity index (χ0v) is 9.94. The highest BCUT2D eigenvalue weighted by Gasteiger charge is 2.25. The van der Waals surface area contributed by atoms with Gasteiger partial charge in [-0.05, 0) is 12.8 Å². The number of aryl methyl sites for hydroxylation is 1. The van der Waals surface area contributed by atoms with Crippen molar-refractivity contribution in [1.82, 2.24) is 20.5 Å². The number of nitrogens with one attached hydrogen (secondary N) is 2.